The Morgan fingerprint density at radius 2 is 2.03 bits per heavy atom. The third-order valence-electron chi connectivity index (χ3n) is 4.81. The van der Waals surface area contributed by atoms with Gasteiger partial charge in [-0.3, -0.25) is 24.1 Å². The van der Waals surface area contributed by atoms with E-state index in [0.29, 0.717) is 27.4 Å². The van der Waals surface area contributed by atoms with Crippen LogP contribution >= 0.6 is 11.3 Å². The first-order valence-electron chi connectivity index (χ1n) is 10.1. The number of nitrogens with zero attached hydrogens (tertiary/aromatic N) is 3. The van der Waals surface area contributed by atoms with Gasteiger partial charge in [0.15, 0.2) is 11.2 Å². The van der Waals surface area contributed by atoms with Gasteiger partial charge in [-0.2, -0.15) is 0 Å². The van der Waals surface area contributed by atoms with Gasteiger partial charge in [-0.15, -0.1) is 11.3 Å². The Labute approximate surface area is 192 Å². The first-order chi connectivity index (χ1) is 16.0. The normalized spacial score (nSPS) is 10.8. The molecule has 2 aromatic carbocycles. The van der Waals surface area contributed by atoms with Crippen molar-refractivity contribution in [3.63, 3.8) is 0 Å². The van der Waals surface area contributed by atoms with Crippen LogP contribution in [0.15, 0.2) is 54.7 Å². The van der Waals surface area contributed by atoms with E-state index < -0.39 is 4.92 Å². The number of thiazole rings is 1. The summed E-state index contributed by atoms with van der Waals surface area (Å²) in [5.74, 6) is -0.00443. The standard InChI is InChI=1S/C23H19N3O6S/c1-2-31-21(28)11-17-12-25-19(13-27)22(24-23(25)33-17)18-10-16(26(29)30)8-9-20(18)32-14-15-6-4-3-5-7-15/h3-10,12-13H,2,11,14H2,1H3. The summed E-state index contributed by atoms with van der Waals surface area (Å²) >= 11 is 1.24. The molecule has 2 aromatic heterocycles. The highest BCUT2D eigenvalue weighted by molar-refractivity contribution is 7.17. The number of nitro groups is 1. The molecule has 0 aliphatic carbocycles. The fraction of sp³-hybridized carbons (Fsp3) is 0.174. The fourth-order valence-electron chi connectivity index (χ4n) is 3.33. The van der Waals surface area contributed by atoms with Gasteiger partial charge >= 0.3 is 5.97 Å². The van der Waals surface area contributed by atoms with Crippen LogP contribution < -0.4 is 4.74 Å². The first kappa shape index (κ1) is 22.2. The Hall–Kier alpha value is -4.05. The summed E-state index contributed by atoms with van der Waals surface area (Å²) in [7, 11) is 0. The molecule has 2 heterocycles. The zero-order valence-electron chi connectivity index (χ0n) is 17.6. The molecule has 0 amide bonds. The van der Waals surface area contributed by atoms with Gasteiger partial charge in [-0.05, 0) is 18.6 Å². The zero-order chi connectivity index (χ0) is 23.4. The first-order valence-corrected chi connectivity index (χ1v) is 10.9. The largest absolute Gasteiger partial charge is 0.488 e. The second-order valence-corrected chi connectivity index (χ2v) is 8.10. The van der Waals surface area contributed by atoms with E-state index in [1.165, 1.54) is 29.5 Å². The lowest BCUT2D eigenvalue weighted by molar-refractivity contribution is -0.384. The highest BCUT2D eigenvalue weighted by Crippen LogP contribution is 2.36. The molecule has 0 fully saturated rings. The maximum atomic E-state index is 12.0. The third kappa shape index (κ3) is 4.75. The second-order valence-electron chi connectivity index (χ2n) is 7.01. The summed E-state index contributed by atoms with van der Waals surface area (Å²) in [5.41, 5.74) is 1.59. The minimum atomic E-state index is -0.513. The molecule has 4 rings (SSSR count). The van der Waals surface area contributed by atoms with Crippen molar-refractivity contribution in [2.24, 2.45) is 0 Å². The molecule has 168 valence electrons. The van der Waals surface area contributed by atoms with Crippen LogP contribution in [0.2, 0.25) is 0 Å². The minimum absolute atomic E-state index is 0.0672. The Kier molecular flexibility index (Phi) is 6.45. The number of rotatable bonds is 9. The minimum Gasteiger partial charge on any atom is -0.488 e. The van der Waals surface area contributed by atoms with Crippen molar-refractivity contribution in [3.8, 4) is 17.0 Å². The number of non-ortho nitro benzene ring substituents is 1. The summed E-state index contributed by atoms with van der Waals surface area (Å²) in [5, 5.41) is 11.4. The van der Waals surface area contributed by atoms with E-state index in [1.807, 2.05) is 30.3 Å². The Morgan fingerprint density at radius 1 is 1.24 bits per heavy atom. The van der Waals surface area contributed by atoms with Crippen LogP contribution in [0.1, 0.15) is 27.9 Å². The van der Waals surface area contributed by atoms with Crippen molar-refractivity contribution >= 4 is 34.2 Å². The van der Waals surface area contributed by atoms with E-state index in [2.05, 4.69) is 4.98 Å². The fourth-order valence-corrected chi connectivity index (χ4v) is 4.30. The lowest BCUT2D eigenvalue weighted by atomic mass is 10.1. The van der Waals surface area contributed by atoms with Crippen LogP contribution in [0.5, 0.6) is 5.75 Å². The Bertz CT molecular complexity index is 1330. The lowest BCUT2D eigenvalue weighted by Gasteiger charge is -2.11. The molecule has 0 bridgehead atoms. The average molecular weight is 465 g/mol. The van der Waals surface area contributed by atoms with E-state index in [-0.39, 0.29) is 42.7 Å². The number of fused-ring (bicyclic) bond motifs is 1. The van der Waals surface area contributed by atoms with Crippen molar-refractivity contribution in [2.45, 2.75) is 20.0 Å². The highest BCUT2D eigenvalue weighted by atomic mass is 32.1. The van der Waals surface area contributed by atoms with E-state index >= 15 is 0 Å². The van der Waals surface area contributed by atoms with Gasteiger partial charge in [0.1, 0.15) is 23.7 Å². The van der Waals surface area contributed by atoms with Gasteiger partial charge in [-0.25, -0.2) is 4.98 Å². The van der Waals surface area contributed by atoms with Crippen LogP contribution in [0.25, 0.3) is 16.2 Å². The number of aromatic nitrogens is 2. The summed E-state index contributed by atoms with van der Waals surface area (Å²) in [6.45, 7) is 2.25. The summed E-state index contributed by atoms with van der Waals surface area (Å²) in [4.78, 5) is 40.4. The second kappa shape index (κ2) is 9.61. The smallest absolute Gasteiger partial charge is 0.311 e. The van der Waals surface area contributed by atoms with Crippen LogP contribution in [0, 0.1) is 10.1 Å². The van der Waals surface area contributed by atoms with Gasteiger partial charge in [0, 0.05) is 23.2 Å². The van der Waals surface area contributed by atoms with Crippen LogP contribution in [-0.4, -0.2) is 33.2 Å². The number of benzene rings is 2. The highest BCUT2D eigenvalue weighted by Gasteiger charge is 2.22. The van der Waals surface area contributed by atoms with Crippen molar-refractivity contribution in [2.75, 3.05) is 6.61 Å². The molecule has 4 aromatic rings. The number of aldehydes is 1. The summed E-state index contributed by atoms with van der Waals surface area (Å²) in [6, 6.07) is 13.7. The summed E-state index contributed by atoms with van der Waals surface area (Å²) in [6.07, 6.45) is 2.35. The number of carbonyl (C=O) groups is 2. The molecule has 0 saturated carbocycles. The maximum absolute atomic E-state index is 12.0. The molecule has 0 N–H and O–H groups in total. The van der Waals surface area contributed by atoms with Crippen LogP contribution in [0.3, 0.4) is 0 Å². The van der Waals surface area contributed by atoms with E-state index in [1.54, 1.807) is 17.5 Å². The number of carbonyl (C=O) groups excluding carboxylic acids is 2. The predicted molar refractivity (Wildman–Crippen MR) is 122 cm³/mol. The quantitative estimate of drug-likeness (QED) is 0.155. The molecular weight excluding hydrogens is 446 g/mol. The average Bonchev–Trinajstić information content (AvgIpc) is 3.35. The molecule has 10 heteroatoms. The third-order valence-corrected chi connectivity index (χ3v) is 5.80. The Balaban J connectivity index is 1.74. The number of hydrogen-bond acceptors (Lipinski definition) is 8. The summed E-state index contributed by atoms with van der Waals surface area (Å²) < 4.78 is 12.5. The monoisotopic (exact) mass is 465 g/mol. The van der Waals surface area contributed by atoms with E-state index in [4.69, 9.17) is 9.47 Å². The molecular formula is C23H19N3O6S. The van der Waals surface area contributed by atoms with E-state index in [9.17, 15) is 19.7 Å². The van der Waals surface area contributed by atoms with Crippen molar-refractivity contribution < 1.29 is 24.0 Å². The maximum Gasteiger partial charge on any atom is 0.311 e. The predicted octanol–water partition coefficient (Wildman–Crippen LogP) is 4.47. The van der Waals surface area contributed by atoms with Gasteiger partial charge in [0.05, 0.1) is 23.5 Å². The molecule has 0 saturated heterocycles. The number of ether oxygens (including phenoxy) is 2. The molecule has 0 spiro atoms. The lowest BCUT2D eigenvalue weighted by Crippen LogP contribution is -2.06. The van der Waals surface area contributed by atoms with Crippen LogP contribution in [0.4, 0.5) is 5.69 Å². The van der Waals surface area contributed by atoms with Crippen molar-refractivity contribution in [3.05, 3.63) is 81.0 Å². The number of esters is 1. The molecule has 33 heavy (non-hydrogen) atoms. The van der Waals surface area contributed by atoms with E-state index in [0.717, 1.165) is 5.56 Å². The molecule has 9 nitrogen and oxygen atoms in total. The molecule has 0 unspecified atom stereocenters. The number of hydrogen-bond donors (Lipinski definition) is 0. The van der Waals surface area contributed by atoms with Gasteiger partial charge in [-0.1, -0.05) is 30.3 Å². The zero-order valence-corrected chi connectivity index (χ0v) is 18.4. The molecule has 0 aliphatic heterocycles. The Morgan fingerprint density at radius 3 is 2.73 bits per heavy atom. The van der Waals surface area contributed by atoms with Crippen molar-refractivity contribution in [1.82, 2.24) is 9.38 Å². The SMILES string of the molecule is CCOC(=O)Cc1cn2c(C=O)c(-c3cc([N+](=O)[O-])ccc3OCc3ccccc3)nc2s1. The van der Waals surface area contributed by atoms with Crippen LogP contribution in [-0.2, 0) is 22.6 Å². The van der Waals surface area contributed by atoms with Gasteiger partial charge in [0.2, 0.25) is 0 Å². The van der Waals surface area contributed by atoms with Gasteiger partial charge in [0.25, 0.3) is 5.69 Å². The number of nitro benzene ring substituents is 1. The molecule has 0 radical (unpaired) electrons. The van der Waals surface area contributed by atoms with Crippen molar-refractivity contribution in [1.29, 1.82) is 0 Å². The molecule has 0 atom stereocenters. The topological polar surface area (TPSA) is 113 Å². The van der Waals surface area contributed by atoms with Gasteiger partial charge < -0.3 is 9.47 Å². The number of imidazole rings is 1. The molecule has 0 aliphatic rings.